The molecule has 3 heterocycles. The molecule has 1 fully saturated rings. The molecule has 0 N–H and O–H groups in total. The highest BCUT2D eigenvalue weighted by Gasteiger charge is 2.19. The topological polar surface area (TPSA) is 77.1 Å². The summed E-state index contributed by atoms with van der Waals surface area (Å²) in [6.07, 6.45) is 3.13. The first kappa shape index (κ1) is 14.7. The molecule has 1 saturated heterocycles. The first-order chi connectivity index (χ1) is 10.7. The normalized spacial score (nSPS) is 14.7. The van der Waals surface area contributed by atoms with Crippen molar-refractivity contribution in [2.75, 3.05) is 13.1 Å². The van der Waals surface area contributed by atoms with E-state index in [-0.39, 0.29) is 5.91 Å². The summed E-state index contributed by atoms with van der Waals surface area (Å²) in [4.78, 5) is 13.9. The van der Waals surface area contributed by atoms with Crippen molar-refractivity contribution in [3.05, 3.63) is 17.7 Å². The second-order valence-electron chi connectivity index (χ2n) is 5.58. The summed E-state index contributed by atoms with van der Waals surface area (Å²) in [6, 6.07) is 1.93. The van der Waals surface area contributed by atoms with E-state index in [1.807, 2.05) is 29.5 Å². The van der Waals surface area contributed by atoms with Gasteiger partial charge >= 0.3 is 0 Å². The molecule has 3 rings (SSSR count). The SMILES string of the molecule is CCn1nc(C)cc1-c1nnc(CCC(=O)N2CCCC2)o1. The maximum absolute atomic E-state index is 12.0. The third-order valence-corrected chi connectivity index (χ3v) is 3.90. The predicted octanol–water partition coefficient (Wildman–Crippen LogP) is 1.82. The van der Waals surface area contributed by atoms with Crippen LogP contribution in [0.1, 0.15) is 37.8 Å². The summed E-state index contributed by atoms with van der Waals surface area (Å²) in [6.45, 7) is 6.45. The van der Waals surface area contributed by atoms with Gasteiger partial charge in [-0.1, -0.05) is 0 Å². The number of carbonyl (C=O) groups is 1. The van der Waals surface area contributed by atoms with Gasteiger partial charge in [-0.05, 0) is 32.8 Å². The Morgan fingerprint density at radius 3 is 2.82 bits per heavy atom. The summed E-state index contributed by atoms with van der Waals surface area (Å²) in [5.74, 6) is 1.14. The van der Waals surface area contributed by atoms with Crippen LogP contribution in [0.5, 0.6) is 0 Å². The number of rotatable bonds is 5. The van der Waals surface area contributed by atoms with Crippen LogP contribution in [0.2, 0.25) is 0 Å². The molecule has 7 nitrogen and oxygen atoms in total. The molecule has 2 aromatic rings. The molecule has 0 radical (unpaired) electrons. The molecule has 0 unspecified atom stereocenters. The summed E-state index contributed by atoms with van der Waals surface area (Å²) in [7, 11) is 0. The van der Waals surface area contributed by atoms with E-state index in [4.69, 9.17) is 4.42 Å². The average Bonchev–Trinajstić information content (AvgIpc) is 3.24. The summed E-state index contributed by atoms with van der Waals surface area (Å²) < 4.78 is 7.52. The molecule has 1 aliphatic heterocycles. The van der Waals surface area contributed by atoms with Crippen LogP contribution in [0, 0.1) is 6.92 Å². The fourth-order valence-electron chi connectivity index (χ4n) is 2.76. The maximum atomic E-state index is 12.0. The van der Waals surface area contributed by atoms with E-state index in [2.05, 4.69) is 15.3 Å². The fraction of sp³-hybridized carbons (Fsp3) is 0.600. The van der Waals surface area contributed by atoms with E-state index in [0.29, 0.717) is 24.6 Å². The lowest BCUT2D eigenvalue weighted by atomic mass is 10.3. The largest absolute Gasteiger partial charge is 0.419 e. The number of hydrogen-bond donors (Lipinski definition) is 0. The predicted molar refractivity (Wildman–Crippen MR) is 80.1 cm³/mol. The lowest BCUT2D eigenvalue weighted by Gasteiger charge is -2.13. The molecule has 0 aromatic carbocycles. The van der Waals surface area contributed by atoms with Gasteiger partial charge in [0.1, 0.15) is 5.69 Å². The van der Waals surface area contributed by atoms with E-state index < -0.39 is 0 Å². The lowest BCUT2D eigenvalue weighted by Crippen LogP contribution is -2.27. The highest BCUT2D eigenvalue weighted by Crippen LogP contribution is 2.20. The number of carbonyl (C=O) groups excluding carboxylic acids is 1. The Bertz CT molecular complexity index is 655. The standard InChI is InChI=1S/C15H21N5O2/c1-3-20-12(10-11(2)18-20)15-17-16-13(22-15)6-7-14(21)19-8-4-5-9-19/h10H,3-9H2,1-2H3. The summed E-state index contributed by atoms with van der Waals surface area (Å²) >= 11 is 0. The molecule has 0 saturated carbocycles. The molecule has 0 atom stereocenters. The Balaban J connectivity index is 1.64. The second kappa shape index (κ2) is 6.29. The number of aryl methyl sites for hydroxylation is 3. The van der Waals surface area contributed by atoms with Gasteiger partial charge in [-0.3, -0.25) is 9.48 Å². The molecule has 1 amide bonds. The van der Waals surface area contributed by atoms with Gasteiger partial charge < -0.3 is 9.32 Å². The molecule has 118 valence electrons. The monoisotopic (exact) mass is 303 g/mol. The first-order valence-electron chi connectivity index (χ1n) is 7.82. The average molecular weight is 303 g/mol. The highest BCUT2D eigenvalue weighted by atomic mass is 16.4. The van der Waals surface area contributed by atoms with Gasteiger partial charge in [-0.25, -0.2) is 0 Å². The molecule has 0 bridgehead atoms. The third-order valence-electron chi connectivity index (χ3n) is 3.90. The molecule has 0 aliphatic carbocycles. The summed E-state index contributed by atoms with van der Waals surface area (Å²) in [5.41, 5.74) is 1.74. The van der Waals surface area contributed by atoms with Crippen LogP contribution in [0.25, 0.3) is 11.6 Å². The smallest absolute Gasteiger partial charge is 0.265 e. The lowest BCUT2D eigenvalue weighted by molar-refractivity contribution is -0.130. The van der Waals surface area contributed by atoms with Gasteiger partial charge in [-0.15, -0.1) is 10.2 Å². The second-order valence-corrected chi connectivity index (χ2v) is 5.58. The molecule has 7 heteroatoms. The molecule has 22 heavy (non-hydrogen) atoms. The third kappa shape index (κ3) is 3.03. The zero-order valence-corrected chi connectivity index (χ0v) is 13.1. The van der Waals surface area contributed by atoms with Gasteiger partial charge in [-0.2, -0.15) is 5.10 Å². The van der Waals surface area contributed by atoms with E-state index in [0.717, 1.165) is 43.9 Å². The van der Waals surface area contributed by atoms with Gasteiger partial charge in [0, 0.05) is 32.5 Å². The minimum Gasteiger partial charge on any atom is -0.419 e. The van der Waals surface area contributed by atoms with Crippen LogP contribution in [0.3, 0.4) is 0 Å². The van der Waals surface area contributed by atoms with Crippen molar-refractivity contribution in [3.8, 4) is 11.6 Å². The quantitative estimate of drug-likeness (QED) is 0.842. The Hall–Kier alpha value is -2.18. The molecule has 0 spiro atoms. The Morgan fingerprint density at radius 2 is 2.09 bits per heavy atom. The van der Waals surface area contributed by atoms with E-state index in [1.54, 1.807) is 0 Å². The zero-order valence-electron chi connectivity index (χ0n) is 13.1. The Morgan fingerprint density at radius 1 is 1.32 bits per heavy atom. The van der Waals surface area contributed by atoms with Gasteiger partial charge in [0.15, 0.2) is 0 Å². The number of aromatic nitrogens is 4. The van der Waals surface area contributed by atoms with Crippen molar-refractivity contribution >= 4 is 5.91 Å². The van der Waals surface area contributed by atoms with Gasteiger partial charge in [0.25, 0.3) is 5.89 Å². The minimum absolute atomic E-state index is 0.173. The Kier molecular flexibility index (Phi) is 4.22. The number of likely N-dealkylation sites (tertiary alicyclic amines) is 1. The van der Waals surface area contributed by atoms with Crippen LogP contribution in [-0.2, 0) is 17.8 Å². The van der Waals surface area contributed by atoms with Crippen LogP contribution in [0.4, 0.5) is 0 Å². The minimum atomic E-state index is 0.173. The number of amides is 1. The van der Waals surface area contributed by atoms with E-state index >= 15 is 0 Å². The van der Waals surface area contributed by atoms with E-state index in [9.17, 15) is 4.79 Å². The molecule has 1 aliphatic rings. The van der Waals surface area contributed by atoms with Crippen LogP contribution in [-0.4, -0.2) is 43.9 Å². The summed E-state index contributed by atoms with van der Waals surface area (Å²) in [5, 5.41) is 12.5. The Labute approximate surface area is 129 Å². The van der Waals surface area contributed by atoms with Crippen molar-refractivity contribution < 1.29 is 9.21 Å². The molecular formula is C15H21N5O2. The molecule has 2 aromatic heterocycles. The van der Waals surface area contributed by atoms with E-state index in [1.165, 1.54) is 0 Å². The first-order valence-corrected chi connectivity index (χ1v) is 7.82. The van der Waals surface area contributed by atoms with Gasteiger partial charge in [0.2, 0.25) is 11.8 Å². The van der Waals surface area contributed by atoms with Crippen molar-refractivity contribution in [3.63, 3.8) is 0 Å². The van der Waals surface area contributed by atoms with Crippen LogP contribution in [0.15, 0.2) is 10.5 Å². The fourth-order valence-corrected chi connectivity index (χ4v) is 2.76. The number of hydrogen-bond acceptors (Lipinski definition) is 5. The van der Waals surface area contributed by atoms with Crippen molar-refractivity contribution in [1.82, 2.24) is 24.9 Å². The number of nitrogens with zero attached hydrogens (tertiary/aromatic N) is 5. The highest BCUT2D eigenvalue weighted by molar-refractivity contribution is 5.76. The van der Waals surface area contributed by atoms with Crippen LogP contribution >= 0.6 is 0 Å². The molecular weight excluding hydrogens is 282 g/mol. The maximum Gasteiger partial charge on any atom is 0.265 e. The van der Waals surface area contributed by atoms with Crippen molar-refractivity contribution in [2.45, 2.75) is 46.1 Å². The van der Waals surface area contributed by atoms with Crippen molar-refractivity contribution in [1.29, 1.82) is 0 Å². The van der Waals surface area contributed by atoms with Gasteiger partial charge in [0.05, 0.1) is 5.69 Å². The van der Waals surface area contributed by atoms with Crippen molar-refractivity contribution in [2.24, 2.45) is 0 Å². The zero-order chi connectivity index (χ0) is 15.5. The van der Waals surface area contributed by atoms with Crippen LogP contribution < -0.4 is 0 Å².